The standard InChI is InChI=1S/C17H15F3N2O4/c1-26-16(24)11-6-14(13(20)7-12(11)19)22-17(25)21-8-15(23)9-2-4-10(18)5-3-9/h2-7,15,23H,8H2,1H3,(H2,21,22,25). The van der Waals surface area contributed by atoms with Crippen LogP contribution in [0.3, 0.4) is 0 Å². The third-order valence-electron chi connectivity index (χ3n) is 3.42. The summed E-state index contributed by atoms with van der Waals surface area (Å²) in [6.07, 6.45) is -1.12. The Hall–Kier alpha value is -3.07. The van der Waals surface area contributed by atoms with E-state index < -0.39 is 46.8 Å². The first-order chi connectivity index (χ1) is 12.3. The number of methoxy groups -OCH3 is 1. The molecule has 3 N–H and O–H groups in total. The van der Waals surface area contributed by atoms with Crippen LogP contribution in [0.2, 0.25) is 0 Å². The van der Waals surface area contributed by atoms with Crippen molar-refractivity contribution in [3.8, 4) is 0 Å². The van der Waals surface area contributed by atoms with Crippen LogP contribution in [-0.2, 0) is 4.74 Å². The van der Waals surface area contributed by atoms with Crippen molar-refractivity contribution in [2.24, 2.45) is 0 Å². The molecule has 2 rings (SSSR count). The molecule has 138 valence electrons. The Morgan fingerprint density at radius 3 is 2.38 bits per heavy atom. The predicted octanol–water partition coefficient (Wildman–Crippen LogP) is 2.75. The van der Waals surface area contributed by atoms with E-state index in [2.05, 4.69) is 15.4 Å². The number of aliphatic hydroxyl groups is 1. The molecule has 0 saturated heterocycles. The Morgan fingerprint density at radius 1 is 1.12 bits per heavy atom. The number of esters is 1. The van der Waals surface area contributed by atoms with Gasteiger partial charge in [-0.1, -0.05) is 12.1 Å². The first-order valence-corrected chi connectivity index (χ1v) is 7.37. The molecule has 26 heavy (non-hydrogen) atoms. The molecule has 6 nitrogen and oxygen atoms in total. The molecular weight excluding hydrogens is 353 g/mol. The summed E-state index contributed by atoms with van der Waals surface area (Å²) in [4.78, 5) is 23.2. The molecule has 2 amide bonds. The molecule has 0 aliphatic carbocycles. The maximum absolute atomic E-state index is 13.7. The van der Waals surface area contributed by atoms with E-state index in [9.17, 15) is 27.9 Å². The molecule has 0 spiro atoms. The summed E-state index contributed by atoms with van der Waals surface area (Å²) in [7, 11) is 1.03. The van der Waals surface area contributed by atoms with Gasteiger partial charge in [0.25, 0.3) is 0 Å². The van der Waals surface area contributed by atoms with E-state index in [1.807, 2.05) is 0 Å². The average Bonchev–Trinajstić information content (AvgIpc) is 2.62. The van der Waals surface area contributed by atoms with Gasteiger partial charge >= 0.3 is 12.0 Å². The highest BCUT2D eigenvalue weighted by molar-refractivity contribution is 5.94. The Labute approximate surface area is 146 Å². The Balaban J connectivity index is 2.01. The number of rotatable bonds is 5. The molecule has 0 bridgehead atoms. The molecule has 2 aromatic carbocycles. The lowest BCUT2D eigenvalue weighted by molar-refractivity contribution is 0.0595. The van der Waals surface area contributed by atoms with E-state index in [1.165, 1.54) is 12.1 Å². The third-order valence-corrected chi connectivity index (χ3v) is 3.42. The molecule has 0 radical (unpaired) electrons. The maximum Gasteiger partial charge on any atom is 0.340 e. The summed E-state index contributed by atoms with van der Waals surface area (Å²) in [5, 5.41) is 14.3. The van der Waals surface area contributed by atoms with Crippen LogP contribution in [-0.4, -0.2) is 30.8 Å². The van der Waals surface area contributed by atoms with Gasteiger partial charge in [-0.05, 0) is 23.8 Å². The predicted molar refractivity (Wildman–Crippen MR) is 86.1 cm³/mol. The number of nitrogens with one attached hydrogen (secondary N) is 2. The van der Waals surface area contributed by atoms with Crippen molar-refractivity contribution < 1.29 is 32.6 Å². The fraction of sp³-hybridized carbons (Fsp3) is 0.176. The Kier molecular flexibility index (Phi) is 6.18. The minimum absolute atomic E-state index is 0.246. The van der Waals surface area contributed by atoms with Crippen molar-refractivity contribution in [1.82, 2.24) is 5.32 Å². The summed E-state index contributed by atoms with van der Waals surface area (Å²) in [5.74, 6) is -3.73. The first kappa shape index (κ1) is 19.3. The lowest BCUT2D eigenvalue weighted by atomic mass is 10.1. The van der Waals surface area contributed by atoms with Gasteiger partial charge in [0.05, 0.1) is 24.5 Å². The summed E-state index contributed by atoms with van der Waals surface area (Å²) in [6.45, 7) is -0.246. The van der Waals surface area contributed by atoms with E-state index in [-0.39, 0.29) is 6.54 Å². The smallest absolute Gasteiger partial charge is 0.340 e. The number of carbonyl (C=O) groups excluding carboxylic acids is 2. The zero-order chi connectivity index (χ0) is 19.3. The zero-order valence-corrected chi connectivity index (χ0v) is 13.6. The van der Waals surface area contributed by atoms with Gasteiger partial charge in [-0.25, -0.2) is 22.8 Å². The molecular formula is C17H15F3N2O4. The fourth-order valence-corrected chi connectivity index (χ4v) is 2.07. The molecule has 1 unspecified atom stereocenters. The Bertz CT molecular complexity index is 812. The number of amides is 2. The fourth-order valence-electron chi connectivity index (χ4n) is 2.07. The van der Waals surface area contributed by atoms with E-state index in [0.29, 0.717) is 11.6 Å². The topological polar surface area (TPSA) is 87.7 Å². The van der Waals surface area contributed by atoms with Crippen molar-refractivity contribution in [3.63, 3.8) is 0 Å². The van der Waals surface area contributed by atoms with Crippen molar-refractivity contribution >= 4 is 17.7 Å². The second-order valence-corrected chi connectivity index (χ2v) is 5.21. The number of hydrogen-bond acceptors (Lipinski definition) is 4. The van der Waals surface area contributed by atoms with Crippen LogP contribution in [0.15, 0.2) is 36.4 Å². The van der Waals surface area contributed by atoms with Crippen LogP contribution < -0.4 is 10.6 Å². The number of carbonyl (C=O) groups is 2. The number of ether oxygens (including phenoxy) is 1. The van der Waals surface area contributed by atoms with Gasteiger partial charge in [-0.15, -0.1) is 0 Å². The van der Waals surface area contributed by atoms with E-state index in [4.69, 9.17) is 0 Å². The van der Waals surface area contributed by atoms with E-state index in [1.54, 1.807) is 0 Å². The number of hydrogen-bond donors (Lipinski definition) is 3. The number of urea groups is 1. The molecule has 0 fully saturated rings. The number of aliphatic hydroxyl groups excluding tert-OH is 1. The van der Waals surface area contributed by atoms with Gasteiger partial charge < -0.3 is 20.5 Å². The second-order valence-electron chi connectivity index (χ2n) is 5.21. The van der Waals surface area contributed by atoms with E-state index >= 15 is 0 Å². The quantitative estimate of drug-likeness (QED) is 0.708. The van der Waals surface area contributed by atoms with Crippen LogP contribution in [0.1, 0.15) is 22.0 Å². The second kappa shape index (κ2) is 8.34. The lowest BCUT2D eigenvalue weighted by Crippen LogP contribution is -2.32. The van der Waals surface area contributed by atoms with Crippen molar-refractivity contribution in [2.45, 2.75) is 6.10 Å². The third kappa shape index (κ3) is 4.73. The van der Waals surface area contributed by atoms with Crippen LogP contribution >= 0.6 is 0 Å². The molecule has 0 aliphatic rings. The molecule has 9 heteroatoms. The maximum atomic E-state index is 13.7. The summed E-state index contributed by atoms with van der Waals surface area (Å²) < 4.78 is 44.5. The molecule has 2 aromatic rings. The number of halogens is 3. The number of benzene rings is 2. The molecule has 0 aromatic heterocycles. The summed E-state index contributed by atoms with van der Waals surface area (Å²) in [6, 6.07) is 5.35. The number of anilines is 1. The van der Waals surface area contributed by atoms with Crippen LogP contribution in [0, 0.1) is 17.5 Å². The molecule has 0 heterocycles. The van der Waals surface area contributed by atoms with E-state index in [0.717, 1.165) is 25.3 Å². The normalized spacial score (nSPS) is 11.6. The van der Waals surface area contributed by atoms with Gasteiger partial charge in [-0.2, -0.15) is 0 Å². The highest BCUT2D eigenvalue weighted by atomic mass is 19.1. The highest BCUT2D eigenvalue weighted by Gasteiger charge is 2.18. The lowest BCUT2D eigenvalue weighted by Gasteiger charge is -2.14. The van der Waals surface area contributed by atoms with Gasteiger partial charge in [0.2, 0.25) is 0 Å². The first-order valence-electron chi connectivity index (χ1n) is 7.37. The van der Waals surface area contributed by atoms with Gasteiger partial charge in [0.1, 0.15) is 17.5 Å². The minimum atomic E-state index is -1.13. The van der Waals surface area contributed by atoms with Gasteiger partial charge in [-0.3, -0.25) is 0 Å². The van der Waals surface area contributed by atoms with Crippen LogP contribution in [0.25, 0.3) is 0 Å². The Morgan fingerprint density at radius 2 is 1.77 bits per heavy atom. The van der Waals surface area contributed by atoms with Crippen molar-refractivity contribution in [1.29, 1.82) is 0 Å². The highest BCUT2D eigenvalue weighted by Crippen LogP contribution is 2.20. The summed E-state index contributed by atoms with van der Waals surface area (Å²) >= 11 is 0. The molecule has 0 aliphatic heterocycles. The van der Waals surface area contributed by atoms with Gasteiger partial charge in [0.15, 0.2) is 0 Å². The molecule has 1 atom stereocenters. The average molecular weight is 368 g/mol. The SMILES string of the molecule is COC(=O)c1cc(NC(=O)NCC(O)c2ccc(F)cc2)c(F)cc1F. The summed E-state index contributed by atoms with van der Waals surface area (Å²) in [5.41, 5.74) is -0.622. The zero-order valence-electron chi connectivity index (χ0n) is 13.6. The van der Waals surface area contributed by atoms with Crippen molar-refractivity contribution in [2.75, 3.05) is 19.0 Å². The van der Waals surface area contributed by atoms with Crippen molar-refractivity contribution in [3.05, 3.63) is 65.0 Å². The van der Waals surface area contributed by atoms with Gasteiger partial charge in [0, 0.05) is 12.6 Å². The largest absolute Gasteiger partial charge is 0.465 e. The van der Waals surface area contributed by atoms with Crippen LogP contribution in [0.4, 0.5) is 23.7 Å². The molecule has 0 saturated carbocycles. The monoisotopic (exact) mass is 368 g/mol. The minimum Gasteiger partial charge on any atom is -0.465 e. The van der Waals surface area contributed by atoms with Crippen LogP contribution in [0.5, 0.6) is 0 Å².